The molecule has 3 nitrogen and oxygen atoms in total. The Labute approximate surface area is 97.7 Å². The molecule has 0 heterocycles. The Morgan fingerprint density at radius 3 is 2.44 bits per heavy atom. The van der Waals surface area contributed by atoms with Crippen LogP contribution in [-0.4, -0.2) is 48.8 Å². The molecule has 16 heavy (non-hydrogen) atoms. The molecule has 96 valence electrons. The first-order valence-electron chi connectivity index (χ1n) is 4.88. The molecular formula is C9H17F3N2OS. The number of carbonyl (C=O) groups excluding carboxylic acids is 1. The van der Waals surface area contributed by atoms with Crippen LogP contribution in [0.1, 0.15) is 13.3 Å². The van der Waals surface area contributed by atoms with E-state index in [9.17, 15) is 18.0 Å². The number of amides is 2. The van der Waals surface area contributed by atoms with Crippen LogP contribution < -0.4 is 5.32 Å². The minimum absolute atomic E-state index is 0.0387. The van der Waals surface area contributed by atoms with Gasteiger partial charge in [0.1, 0.15) is 6.54 Å². The van der Waals surface area contributed by atoms with E-state index >= 15 is 0 Å². The van der Waals surface area contributed by atoms with Gasteiger partial charge in [-0.1, -0.05) is 6.92 Å². The molecule has 0 aromatic carbocycles. The smallest absolute Gasteiger partial charge is 0.329 e. The van der Waals surface area contributed by atoms with Crippen LogP contribution in [0.25, 0.3) is 0 Å². The van der Waals surface area contributed by atoms with Crippen molar-refractivity contribution in [2.24, 2.45) is 0 Å². The molecule has 0 saturated heterocycles. The van der Waals surface area contributed by atoms with Gasteiger partial charge in [0, 0.05) is 18.8 Å². The quantitative estimate of drug-likeness (QED) is 0.821. The first-order chi connectivity index (χ1) is 7.31. The van der Waals surface area contributed by atoms with Gasteiger partial charge in [0.25, 0.3) is 0 Å². The Hall–Kier alpha value is -0.590. The summed E-state index contributed by atoms with van der Waals surface area (Å²) in [6, 6.07) is -0.721. The molecule has 0 spiro atoms. The highest BCUT2D eigenvalue weighted by molar-refractivity contribution is 7.98. The number of urea groups is 1. The SMILES string of the molecule is CCC(CSC)N(C)C(=O)NCC(F)(F)F. The topological polar surface area (TPSA) is 32.3 Å². The summed E-state index contributed by atoms with van der Waals surface area (Å²) in [5.74, 6) is 0.715. The highest BCUT2D eigenvalue weighted by Crippen LogP contribution is 2.13. The van der Waals surface area contributed by atoms with E-state index in [1.807, 2.05) is 18.5 Å². The van der Waals surface area contributed by atoms with Crippen molar-refractivity contribution in [1.29, 1.82) is 0 Å². The van der Waals surface area contributed by atoms with Gasteiger partial charge in [-0.15, -0.1) is 0 Å². The fraction of sp³-hybridized carbons (Fsp3) is 0.889. The highest BCUT2D eigenvalue weighted by Gasteiger charge is 2.29. The molecule has 1 unspecified atom stereocenters. The molecule has 2 amide bonds. The Morgan fingerprint density at radius 1 is 1.50 bits per heavy atom. The van der Waals surface area contributed by atoms with Gasteiger partial charge >= 0.3 is 12.2 Å². The largest absolute Gasteiger partial charge is 0.405 e. The average Bonchev–Trinajstić information content (AvgIpc) is 2.20. The van der Waals surface area contributed by atoms with Gasteiger partial charge in [-0.3, -0.25) is 0 Å². The second-order valence-corrected chi connectivity index (χ2v) is 4.31. The number of rotatable bonds is 5. The van der Waals surface area contributed by atoms with E-state index in [1.165, 1.54) is 11.9 Å². The number of alkyl halides is 3. The van der Waals surface area contributed by atoms with Gasteiger partial charge < -0.3 is 10.2 Å². The van der Waals surface area contributed by atoms with E-state index in [-0.39, 0.29) is 6.04 Å². The summed E-state index contributed by atoms with van der Waals surface area (Å²) in [7, 11) is 1.51. The number of halogens is 3. The summed E-state index contributed by atoms with van der Waals surface area (Å²) >= 11 is 1.56. The molecule has 1 atom stereocenters. The predicted octanol–water partition coefficient (Wildman–Crippen LogP) is 2.33. The van der Waals surface area contributed by atoms with Crippen LogP contribution in [0.4, 0.5) is 18.0 Å². The van der Waals surface area contributed by atoms with Crippen molar-refractivity contribution in [2.75, 3.05) is 25.6 Å². The van der Waals surface area contributed by atoms with Crippen LogP contribution in [-0.2, 0) is 0 Å². The Bertz CT molecular complexity index is 223. The zero-order chi connectivity index (χ0) is 12.8. The molecule has 0 aliphatic heterocycles. The zero-order valence-corrected chi connectivity index (χ0v) is 10.4. The maximum absolute atomic E-state index is 11.9. The van der Waals surface area contributed by atoms with Crippen molar-refractivity contribution >= 4 is 17.8 Å². The summed E-state index contributed by atoms with van der Waals surface area (Å²) in [4.78, 5) is 12.7. The standard InChI is InChI=1S/C9H17F3N2OS/c1-4-7(5-16-3)14(2)8(15)13-6-9(10,11)12/h7H,4-6H2,1-3H3,(H,13,15). The molecular weight excluding hydrogens is 241 g/mol. The van der Waals surface area contributed by atoms with Gasteiger partial charge in [-0.25, -0.2) is 4.79 Å². The Kier molecular flexibility index (Phi) is 6.62. The van der Waals surface area contributed by atoms with E-state index in [0.29, 0.717) is 5.75 Å². The first-order valence-corrected chi connectivity index (χ1v) is 6.27. The van der Waals surface area contributed by atoms with Gasteiger partial charge in [0.2, 0.25) is 0 Å². The molecule has 7 heteroatoms. The fourth-order valence-electron chi connectivity index (χ4n) is 1.16. The lowest BCUT2D eigenvalue weighted by Crippen LogP contribution is -2.47. The van der Waals surface area contributed by atoms with E-state index in [2.05, 4.69) is 0 Å². The van der Waals surface area contributed by atoms with Crippen LogP contribution in [0.3, 0.4) is 0 Å². The normalized spacial score (nSPS) is 13.4. The van der Waals surface area contributed by atoms with Crippen molar-refractivity contribution in [3.05, 3.63) is 0 Å². The third-order valence-corrected chi connectivity index (χ3v) is 2.86. The molecule has 0 bridgehead atoms. The molecule has 0 rings (SSSR count). The Balaban J connectivity index is 4.15. The number of thioether (sulfide) groups is 1. The molecule has 0 fully saturated rings. The lowest BCUT2D eigenvalue weighted by Gasteiger charge is -2.27. The summed E-state index contributed by atoms with van der Waals surface area (Å²) in [5.41, 5.74) is 0. The van der Waals surface area contributed by atoms with Crippen molar-refractivity contribution in [3.8, 4) is 0 Å². The van der Waals surface area contributed by atoms with E-state index in [4.69, 9.17) is 0 Å². The molecule has 0 aliphatic carbocycles. The van der Waals surface area contributed by atoms with Crippen molar-refractivity contribution < 1.29 is 18.0 Å². The minimum Gasteiger partial charge on any atom is -0.329 e. The third-order valence-electron chi connectivity index (χ3n) is 2.14. The number of nitrogens with one attached hydrogen (secondary N) is 1. The summed E-state index contributed by atoms with van der Waals surface area (Å²) in [6.07, 6.45) is -1.75. The molecule has 0 saturated carbocycles. The third kappa shape index (κ3) is 6.09. The van der Waals surface area contributed by atoms with Crippen LogP contribution in [0, 0.1) is 0 Å². The predicted molar refractivity (Wildman–Crippen MR) is 59.7 cm³/mol. The maximum atomic E-state index is 11.9. The Morgan fingerprint density at radius 2 is 2.06 bits per heavy atom. The van der Waals surface area contributed by atoms with Crippen LogP contribution in [0.5, 0.6) is 0 Å². The molecule has 0 aromatic rings. The van der Waals surface area contributed by atoms with E-state index < -0.39 is 18.8 Å². The molecule has 0 aromatic heterocycles. The minimum atomic E-state index is -4.36. The molecule has 0 radical (unpaired) electrons. The van der Waals surface area contributed by atoms with Crippen LogP contribution in [0.15, 0.2) is 0 Å². The monoisotopic (exact) mass is 258 g/mol. The fourth-order valence-corrected chi connectivity index (χ4v) is 2.01. The second kappa shape index (κ2) is 6.88. The van der Waals surface area contributed by atoms with Crippen LogP contribution >= 0.6 is 11.8 Å². The first kappa shape index (κ1) is 15.4. The van der Waals surface area contributed by atoms with Gasteiger partial charge in [-0.2, -0.15) is 24.9 Å². The number of carbonyl (C=O) groups is 1. The summed E-state index contributed by atoms with van der Waals surface area (Å²) in [6.45, 7) is 0.611. The van der Waals surface area contributed by atoms with Crippen LogP contribution in [0.2, 0.25) is 0 Å². The lowest BCUT2D eigenvalue weighted by molar-refractivity contribution is -0.123. The van der Waals surface area contributed by atoms with Gasteiger partial charge in [0.15, 0.2) is 0 Å². The van der Waals surface area contributed by atoms with Crippen molar-refractivity contribution in [3.63, 3.8) is 0 Å². The number of nitrogens with zero attached hydrogens (tertiary/aromatic N) is 1. The summed E-state index contributed by atoms with van der Waals surface area (Å²) in [5, 5.41) is 1.85. The zero-order valence-electron chi connectivity index (χ0n) is 9.60. The van der Waals surface area contributed by atoms with E-state index in [1.54, 1.807) is 11.8 Å². The highest BCUT2D eigenvalue weighted by atomic mass is 32.2. The molecule has 1 N–H and O–H groups in total. The second-order valence-electron chi connectivity index (χ2n) is 3.40. The van der Waals surface area contributed by atoms with Gasteiger partial charge in [-0.05, 0) is 12.7 Å². The lowest BCUT2D eigenvalue weighted by atomic mass is 10.2. The average molecular weight is 258 g/mol. The van der Waals surface area contributed by atoms with Crippen molar-refractivity contribution in [2.45, 2.75) is 25.6 Å². The number of hydrogen-bond donors (Lipinski definition) is 1. The van der Waals surface area contributed by atoms with Gasteiger partial charge in [0.05, 0.1) is 0 Å². The maximum Gasteiger partial charge on any atom is 0.405 e. The number of hydrogen-bond acceptors (Lipinski definition) is 2. The molecule has 0 aliphatic rings. The summed E-state index contributed by atoms with van der Waals surface area (Å²) < 4.78 is 35.6. The van der Waals surface area contributed by atoms with E-state index in [0.717, 1.165) is 6.42 Å². The van der Waals surface area contributed by atoms with Crippen molar-refractivity contribution in [1.82, 2.24) is 10.2 Å².